The van der Waals surface area contributed by atoms with Gasteiger partial charge in [0.25, 0.3) is 5.95 Å². The molecule has 2 aliphatic rings. The van der Waals surface area contributed by atoms with Crippen molar-refractivity contribution in [3.05, 3.63) is 5.82 Å². The number of hydrogen-bond acceptors (Lipinski definition) is 7. The summed E-state index contributed by atoms with van der Waals surface area (Å²) in [5.74, 6) is 6.69. The standard InChI is InChI=1S/C13H18N6O2/c1-6(20)9-4-5-10(7(2)21)12-11(9)17-19-8(3)15-16-13(19)18(12)14/h9-10,12H,4-5,14H2,1-3H3. The summed E-state index contributed by atoms with van der Waals surface area (Å²) in [5, 5.41) is 13.9. The summed E-state index contributed by atoms with van der Waals surface area (Å²) >= 11 is 0. The summed E-state index contributed by atoms with van der Waals surface area (Å²) in [6.07, 6.45) is 1.25. The Bertz CT molecular complexity index is 649. The van der Waals surface area contributed by atoms with E-state index in [1.165, 1.54) is 9.69 Å². The molecule has 1 fully saturated rings. The maximum atomic E-state index is 11.9. The van der Waals surface area contributed by atoms with Crippen molar-refractivity contribution in [2.45, 2.75) is 39.7 Å². The van der Waals surface area contributed by atoms with E-state index in [0.717, 1.165) is 0 Å². The van der Waals surface area contributed by atoms with E-state index in [9.17, 15) is 9.59 Å². The highest BCUT2D eigenvalue weighted by Crippen LogP contribution is 2.35. The Labute approximate surface area is 122 Å². The van der Waals surface area contributed by atoms with E-state index < -0.39 is 6.04 Å². The molecule has 1 aromatic rings. The molecular formula is C13H18N6O2. The highest BCUT2D eigenvalue weighted by atomic mass is 16.1. The lowest BCUT2D eigenvalue weighted by molar-refractivity contribution is -0.123. The summed E-state index contributed by atoms with van der Waals surface area (Å²) in [5.41, 5.74) is 0.645. The molecular weight excluding hydrogens is 272 g/mol. The van der Waals surface area contributed by atoms with Gasteiger partial charge in [0.05, 0.1) is 17.7 Å². The molecule has 0 bridgehead atoms. The van der Waals surface area contributed by atoms with Gasteiger partial charge in [-0.2, -0.15) is 9.78 Å². The third-order valence-electron chi connectivity index (χ3n) is 4.35. The SMILES string of the molecule is CC(=O)C1CCC(C(C)=O)C2C1=Nn1c(C)nnc1N2N. The first kappa shape index (κ1) is 13.9. The Morgan fingerprint density at radius 3 is 2.52 bits per heavy atom. The van der Waals surface area contributed by atoms with Crippen LogP contribution in [0.1, 0.15) is 32.5 Å². The average molecular weight is 290 g/mol. The number of hydrazine groups is 1. The quantitative estimate of drug-likeness (QED) is 0.772. The second-order valence-electron chi connectivity index (χ2n) is 5.69. The minimum absolute atomic E-state index is 0.0447. The van der Waals surface area contributed by atoms with Crippen LogP contribution < -0.4 is 10.9 Å². The largest absolute Gasteiger partial charge is 0.300 e. The van der Waals surface area contributed by atoms with Gasteiger partial charge in [-0.25, -0.2) is 5.84 Å². The molecule has 8 heteroatoms. The average Bonchev–Trinajstić information content (AvgIpc) is 2.79. The summed E-state index contributed by atoms with van der Waals surface area (Å²) < 4.78 is 1.53. The monoisotopic (exact) mass is 290 g/mol. The van der Waals surface area contributed by atoms with Crippen LogP contribution >= 0.6 is 0 Å². The van der Waals surface area contributed by atoms with E-state index in [1.807, 2.05) is 0 Å². The summed E-state index contributed by atoms with van der Waals surface area (Å²) in [6.45, 7) is 4.87. The number of nitrogens with zero attached hydrogens (tertiary/aromatic N) is 5. The smallest absolute Gasteiger partial charge is 0.263 e. The fourth-order valence-corrected chi connectivity index (χ4v) is 3.23. The minimum atomic E-state index is -0.416. The van der Waals surface area contributed by atoms with Gasteiger partial charge in [0.15, 0.2) is 5.82 Å². The molecule has 0 aromatic carbocycles. The number of anilines is 1. The Balaban J connectivity index is 2.15. The fraction of sp³-hybridized carbons (Fsp3) is 0.615. The number of carbonyl (C=O) groups is 2. The van der Waals surface area contributed by atoms with E-state index in [4.69, 9.17) is 5.84 Å². The van der Waals surface area contributed by atoms with Gasteiger partial charge >= 0.3 is 0 Å². The maximum absolute atomic E-state index is 11.9. The van der Waals surface area contributed by atoms with Crippen LogP contribution in [-0.4, -0.2) is 38.2 Å². The van der Waals surface area contributed by atoms with E-state index in [1.54, 1.807) is 20.8 Å². The van der Waals surface area contributed by atoms with Crippen LogP contribution in [0.4, 0.5) is 5.95 Å². The van der Waals surface area contributed by atoms with E-state index in [-0.39, 0.29) is 23.4 Å². The van der Waals surface area contributed by atoms with Crippen molar-refractivity contribution in [1.29, 1.82) is 0 Å². The third kappa shape index (κ3) is 1.98. The van der Waals surface area contributed by atoms with Crippen molar-refractivity contribution in [2.24, 2.45) is 22.8 Å². The second-order valence-corrected chi connectivity index (χ2v) is 5.69. The molecule has 112 valence electrons. The van der Waals surface area contributed by atoms with Crippen molar-refractivity contribution in [2.75, 3.05) is 5.01 Å². The van der Waals surface area contributed by atoms with Gasteiger partial charge in [0.1, 0.15) is 11.6 Å². The summed E-state index contributed by atoms with van der Waals surface area (Å²) in [4.78, 5) is 23.8. The molecule has 21 heavy (non-hydrogen) atoms. The lowest BCUT2D eigenvalue weighted by Gasteiger charge is -2.42. The molecule has 1 saturated carbocycles. The van der Waals surface area contributed by atoms with Crippen molar-refractivity contribution in [3.8, 4) is 0 Å². The molecule has 0 amide bonds. The number of ketones is 2. The van der Waals surface area contributed by atoms with Crippen LogP contribution in [0.25, 0.3) is 0 Å². The number of hydrogen-bond donors (Lipinski definition) is 1. The normalized spacial score (nSPS) is 27.7. The predicted molar refractivity (Wildman–Crippen MR) is 75.6 cm³/mol. The van der Waals surface area contributed by atoms with Crippen molar-refractivity contribution >= 4 is 23.2 Å². The molecule has 8 nitrogen and oxygen atoms in total. The van der Waals surface area contributed by atoms with Crippen LogP contribution in [0.2, 0.25) is 0 Å². The summed E-state index contributed by atoms with van der Waals surface area (Å²) in [6, 6.07) is -0.416. The van der Waals surface area contributed by atoms with Gasteiger partial charge in [-0.3, -0.25) is 14.6 Å². The highest BCUT2D eigenvalue weighted by Gasteiger charge is 2.46. The minimum Gasteiger partial charge on any atom is -0.300 e. The third-order valence-corrected chi connectivity index (χ3v) is 4.35. The Kier molecular flexibility index (Phi) is 3.12. The van der Waals surface area contributed by atoms with Gasteiger partial charge in [-0.05, 0) is 33.6 Å². The van der Waals surface area contributed by atoms with Crippen molar-refractivity contribution < 1.29 is 9.59 Å². The first-order valence-electron chi connectivity index (χ1n) is 6.97. The number of aromatic nitrogens is 3. The first-order valence-corrected chi connectivity index (χ1v) is 6.97. The molecule has 2 N–H and O–H groups in total. The number of nitrogens with two attached hydrogens (primary N) is 1. The zero-order chi connectivity index (χ0) is 15.3. The molecule has 0 saturated heterocycles. The van der Waals surface area contributed by atoms with Crippen LogP contribution in [0.15, 0.2) is 5.10 Å². The van der Waals surface area contributed by atoms with Gasteiger partial charge in [-0.1, -0.05) is 0 Å². The number of carbonyl (C=O) groups excluding carboxylic acids is 2. The Morgan fingerprint density at radius 1 is 1.19 bits per heavy atom. The second kappa shape index (κ2) is 4.73. The molecule has 2 heterocycles. The lowest BCUT2D eigenvalue weighted by atomic mass is 9.73. The van der Waals surface area contributed by atoms with Gasteiger partial charge < -0.3 is 0 Å². The van der Waals surface area contributed by atoms with Crippen LogP contribution in [0.5, 0.6) is 0 Å². The van der Waals surface area contributed by atoms with Gasteiger partial charge in [0.2, 0.25) is 0 Å². The van der Waals surface area contributed by atoms with E-state index in [0.29, 0.717) is 30.3 Å². The zero-order valence-corrected chi connectivity index (χ0v) is 12.3. The number of Topliss-reactive ketones (excluding diaryl/α,β-unsaturated/α-hetero) is 2. The molecule has 3 rings (SSSR count). The van der Waals surface area contributed by atoms with Crippen molar-refractivity contribution in [1.82, 2.24) is 14.9 Å². The maximum Gasteiger partial charge on any atom is 0.263 e. The molecule has 1 aliphatic carbocycles. The van der Waals surface area contributed by atoms with E-state index in [2.05, 4.69) is 15.3 Å². The topological polar surface area (TPSA) is 106 Å². The van der Waals surface area contributed by atoms with E-state index >= 15 is 0 Å². The highest BCUT2D eigenvalue weighted by molar-refractivity contribution is 6.10. The molecule has 1 aliphatic heterocycles. The number of rotatable bonds is 2. The molecule has 1 aromatic heterocycles. The Morgan fingerprint density at radius 2 is 1.90 bits per heavy atom. The summed E-state index contributed by atoms with van der Waals surface area (Å²) in [7, 11) is 0. The van der Waals surface area contributed by atoms with Gasteiger partial charge in [0, 0.05) is 5.92 Å². The fourth-order valence-electron chi connectivity index (χ4n) is 3.23. The molecule has 0 spiro atoms. The molecule has 3 unspecified atom stereocenters. The lowest BCUT2D eigenvalue weighted by Crippen LogP contribution is -2.59. The molecule has 3 atom stereocenters. The van der Waals surface area contributed by atoms with Crippen LogP contribution in [0, 0.1) is 18.8 Å². The van der Waals surface area contributed by atoms with Crippen LogP contribution in [0.3, 0.4) is 0 Å². The number of fused-ring (bicyclic) bond motifs is 2. The molecule has 0 radical (unpaired) electrons. The van der Waals surface area contributed by atoms with Gasteiger partial charge in [-0.15, -0.1) is 10.2 Å². The predicted octanol–water partition coefficient (Wildman–Crippen LogP) is 0.0571. The Hall–Kier alpha value is -2.09. The zero-order valence-electron chi connectivity index (χ0n) is 12.3. The van der Waals surface area contributed by atoms with Crippen LogP contribution in [-0.2, 0) is 9.59 Å². The number of aryl methyl sites for hydroxylation is 1. The van der Waals surface area contributed by atoms with Crippen molar-refractivity contribution in [3.63, 3.8) is 0 Å². The first-order chi connectivity index (χ1) is 9.91.